The predicted octanol–water partition coefficient (Wildman–Crippen LogP) is 5.36. The lowest BCUT2D eigenvalue weighted by atomic mass is 10.1. The van der Waals surface area contributed by atoms with Crippen molar-refractivity contribution in [2.75, 3.05) is 19.8 Å². The lowest BCUT2D eigenvalue weighted by Crippen LogP contribution is -2.06. The van der Waals surface area contributed by atoms with E-state index in [1.165, 1.54) is 0 Å². The van der Waals surface area contributed by atoms with Crippen molar-refractivity contribution in [2.24, 2.45) is 0 Å². The molecule has 2 rings (SSSR count). The normalized spacial score (nSPS) is 10.9. The van der Waals surface area contributed by atoms with Crippen LogP contribution >= 0.6 is 0 Å². The molecule has 0 saturated carbocycles. The number of aliphatic hydroxyl groups excluding tert-OH is 1. The summed E-state index contributed by atoms with van der Waals surface area (Å²) in [4.78, 5) is 12.0. The molecule has 0 aliphatic carbocycles. The van der Waals surface area contributed by atoms with E-state index in [4.69, 9.17) is 14.6 Å². The van der Waals surface area contributed by atoms with Gasteiger partial charge in [0.05, 0.1) is 18.8 Å². The minimum atomic E-state index is -0.291. The summed E-state index contributed by atoms with van der Waals surface area (Å²) in [6.07, 6.45) is 8.60. The van der Waals surface area contributed by atoms with Gasteiger partial charge in [0.1, 0.15) is 5.75 Å². The van der Waals surface area contributed by atoms with Gasteiger partial charge in [0.15, 0.2) is 0 Å². The van der Waals surface area contributed by atoms with E-state index in [0.717, 1.165) is 55.6 Å². The van der Waals surface area contributed by atoms with Crippen LogP contribution in [0.5, 0.6) is 5.75 Å². The molecule has 0 radical (unpaired) electrons. The Bertz CT molecular complexity index is 717. The van der Waals surface area contributed by atoms with Crippen LogP contribution in [0.1, 0.15) is 60.5 Å². The molecule has 0 heterocycles. The molecule has 2 aromatic rings. The Morgan fingerprint density at radius 1 is 0.857 bits per heavy atom. The van der Waals surface area contributed by atoms with Gasteiger partial charge in [-0.25, -0.2) is 4.79 Å². The highest BCUT2D eigenvalue weighted by molar-refractivity contribution is 5.89. The smallest absolute Gasteiger partial charge is 0.338 e. The molecule has 0 amide bonds. The van der Waals surface area contributed by atoms with Gasteiger partial charge in [0.25, 0.3) is 0 Å². The zero-order chi connectivity index (χ0) is 20.0. The van der Waals surface area contributed by atoms with Crippen molar-refractivity contribution in [3.63, 3.8) is 0 Å². The molecule has 28 heavy (non-hydrogen) atoms. The van der Waals surface area contributed by atoms with E-state index < -0.39 is 0 Å². The van der Waals surface area contributed by atoms with E-state index in [0.29, 0.717) is 12.2 Å². The molecule has 2 aromatic carbocycles. The molecule has 1 N–H and O–H groups in total. The second-order valence-corrected chi connectivity index (χ2v) is 6.65. The minimum absolute atomic E-state index is 0.221. The second-order valence-electron chi connectivity index (χ2n) is 6.65. The molecule has 0 saturated heterocycles. The Hall–Kier alpha value is -2.59. The molecule has 0 aromatic heterocycles. The fraction of sp³-hybridized carbons (Fsp3) is 0.375. The van der Waals surface area contributed by atoms with Crippen LogP contribution in [0.15, 0.2) is 48.5 Å². The summed E-state index contributed by atoms with van der Waals surface area (Å²) < 4.78 is 10.9. The Morgan fingerprint density at radius 3 is 2.07 bits per heavy atom. The van der Waals surface area contributed by atoms with Crippen molar-refractivity contribution in [2.45, 2.75) is 39.0 Å². The number of hydrogen-bond acceptors (Lipinski definition) is 4. The molecule has 0 aliphatic heterocycles. The lowest BCUT2D eigenvalue weighted by Gasteiger charge is -2.05. The van der Waals surface area contributed by atoms with E-state index >= 15 is 0 Å². The number of carbonyl (C=O) groups excluding carboxylic acids is 1. The van der Waals surface area contributed by atoms with Crippen molar-refractivity contribution in [3.05, 3.63) is 65.2 Å². The van der Waals surface area contributed by atoms with Gasteiger partial charge in [-0.3, -0.25) is 0 Å². The summed E-state index contributed by atoms with van der Waals surface area (Å²) in [5.74, 6) is 0.593. The van der Waals surface area contributed by atoms with Crippen molar-refractivity contribution < 1.29 is 19.4 Å². The largest absolute Gasteiger partial charge is 0.494 e. The van der Waals surface area contributed by atoms with E-state index in [2.05, 4.69) is 6.92 Å². The van der Waals surface area contributed by atoms with Crippen LogP contribution < -0.4 is 4.74 Å². The summed E-state index contributed by atoms with van der Waals surface area (Å²) in [5.41, 5.74) is 2.67. The highest BCUT2D eigenvalue weighted by atomic mass is 16.5. The van der Waals surface area contributed by atoms with Crippen molar-refractivity contribution in [1.82, 2.24) is 0 Å². The average Bonchev–Trinajstić information content (AvgIpc) is 2.74. The first kappa shape index (κ1) is 21.7. The summed E-state index contributed by atoms with van der Waals surface area (Å²) in [6, 6.07) is 15.4. The van der Waals surface area contributed by atoms with Crippen molar-refractivity contribution >= 4 is 18.1 Å². The third-order valence-corrected chi connectivity index (χ3v) is 4.25. The summed E-state index contributed by atoms with van der Waals surface area (Å²) in [7, 11) is 0. The van der Waals surface area contributed by atoms with Gasteiger partial charge < -0.3 is 14.6 Å². The first-order valence-electron chi connectivity index (χ1n) is 10.0. The lowest BCUT2D eigenvalue weighted by molar-refractivity contribution is 0.0497. The topological polar surface area (TPSA) is 55.8 Å². The molecule has 4 nitrogen and oxygen atoms in total. The maximum atomic E-state index is 12.0. The van der Waals surface area contributed by atoms with Crippen LogP contribution in [0.25, 0.3) is 12.2 Å². The van der Waals surface area contributed by atoms with Crippen molar-refractivity contribution in [3.8, 4) is 5.75 Å². The van der Waals surface area contributed by atoms with Gasteiger partial charge in [-0.05, 0) is 61.1 Å². The number of ether oxygens (including phenoxy) is 2. The minimum Gasteiger partial charge on any atom is -0.494 e. The molecule has 0 bridgehead atoms. The van der Waals surface area contributed by atoms with Crippen LogP contribution in [0, 0.1) is 0 Å². The number of rotatable bonds is 12. The van der Waals surface area contributed by atoms with Gasteiger partial charge in [-0.1, -0.05) is 49.8 Å². The zero-order valence-electron chi connectivity index (χ0n) is 16.6. The third-order valence-electron chi connectivity index (χ3n) is 4.25. The van der Waals surface area contributed by atoms with Gasteiger partial charge in [-0.15, -0.1) is 0 Å². The number of esters is 1. The van der Waals surface area contributed by atoms with Crippen molar-refractivity contribution in [1.29, 1.82) is 0 Å². The first-order chi connectivity index (χ1) is 13.7. The quantitative estimate of drug-likeness (QED) is 0.305. The Balaban J connectivity index is 1.79. The first-order valence-corrected chi connectivity index (χ1v) is 10.0. The van der Waals surface area contributed by atoms with Crippen LogP contribution in [0.2, 0.25) is 0 Å². The third kappa shape index (κ3) is 7.97. The number of aliphatic hydroxyl groups is 1. The van der Waals surface area contributed by atoms with E-state index in [9.17, 15) is 4.79 Å². The monoisotopic (exact) mass is 382 g/mol. The molecule has 0 spiro atoms. The fourth-order valence-corrected chi connectivity index (χ4v) is 2.63. The van der Waals surface area contributed by atoms with E-state index in [1.807, 2.05) is 48.6 Å². The predicted molar refractivity (Wildman–Crippen MR) is 113 cm³/mol. The Labute approximate surface area is 167 Å². The van der Waals surface area contributed by atoms with Gasteiger partial charge in [-0.2, -0.15) is 0 Å². The van der Waals surface area contributed by atoms with Crippen LogP contribution in [-0.4, -0.2) is 30.9 Å². The maximum Gasteiger partial charge on any atom is 0.338 e. The highest BCUT2D eigenvalue weighted by Gasteiger charge is 2.06. The maximum absolute atomic E-state index is 12.0. The number of carbonyl (C=O) groups is 1. The van der Waals surface area contributed by atoms with Gasteiger partial charge in [0.2, 0.25) is 0 Å². The average molecular weight is 383 g/mol. The summed E-state index contributed by atoms with van der Waals surface area (Å²) >= 11 is 0. The molecule has 0 fully saturated rings. The molecular formula is C24H30O4. The standard InChI is InChI=1S/C24H30O4/c1-2-18-27-23-15-11-21(12-16-23)8-7-20-9-13-22(14-10-20)24(26)28-19-6-4-3-5-17-25/h7-16,25H,2-6,17-19H2,1H3/b8-7+. The second kappa shape index (κ2) is 12.7. The molecule has 0 aliphatic rings. The molecule has 4 heteroatoms. The highest BCUT2D eigenvalue weighted by Crippen LogP contribution is 2.15. The van der Waals surface area contributed by atoms with Gasteiger partial charge in [0, 0.05) is 6.61 Å². The zero-order valence-corrected chi connectivity index (χ0v) is 16.6. The van der Waals surface area contributed by atoms with Crippen LogP contribution in [0.3, 0.4) is 0 Å². The SMILES string of the molecule is CCCOc1ccc(/C=C/c2ccc(C(=O)OCCCCCCO)cc2)cc1. The summed E-state index contributed by atoms with van der Waals surface area (Å²) in [6.45, 7) is 3.46. The van der Waals surface area contributed by atoms with E-state index in [1.54, 1.807) is 12.1 Å². The van der Waals surface area contributed by atoms with Crippen LogP contribution in [-0.2, 0) is 4.74 Å². The molecule has 0 unspecified atom stereocenters. The van der Waals surface area contributed by atoms with Gasteiger partial charge >= 0.3 is 5.97 Å². The Kier molecular flexibility index (Phi) is 9.87. The fourth-order valence-electron chi connectivity index (χ4n) is 2.63. The number of hydrogen-bond donors (Lipinski definition) is 1. The Morgan fingerprint density at radius 2 is 1.46 bits per heavy atom. The number of unbranched alkanes of at least 4 members (excludes halogenated alkanes) is 3. The number of benzene rings is 2. The molecule has 0 atom stereocenters. The molecular weight excluding hydrogens is 352 g/mol. The summed E-state index contributed by atoms with van der Waals surface area (Å²) in [5, 5.41) is 8.73. The molecule has 150 valence electrons. The van der Waals surface area contributed by atoms with Crippen LogP contribution in [0.4, 0.5) is 0 Å². The van der Waals surface area contributed by atoms with E-state index in [-0.39, 0.29) is 12.6 Å².